The van der Waals surface area contributed by atoms with Crippen molar-refractivity contribution >= 4 is 21.7 Å². The van der Waals surface area contributed by atoms with Gasteiger partial charge in [-0.25, -0.2) is 17.9 Å². The zero-order chi connectivity index (χ0) is 21.9. The van der Waals surface area contributed by atoms with Gasteiger partial charge in [0.15, 0.2) is 0 Å². The van der Waals surface area contributed by atoms with Gasteiger partial charge < -0.3 is 9.64 Å². The second kappa shape index (κ2) is 9.18. The van der Waals surface area contributed by atoms with Crippen LogP contribution in [0.4, 0.5) is 5.69 Å². The molecule has 0 radical (unpaired) electrons. The number of ether oxygens (including phenoxy) is 1. The molecule has 2 aromatic carbocycles. The van der Waals surface area contributed by atoms with Crippen molar-refractivity contribution in [3.63, 3.8) is 0 Å². The molecule has 0 aliphatic carbocycles. The van der Waals surface area contributed by atoms with Crippen molar-refractivity contribution in [2.24, 2.45) is 5.92 Å². The second-order valence-electron chi connectivity index (χ2n) is 8.10. The summed E-state index contributed by atoms with van der Waals surface area (Å²) in [4.78, 5) is 14.3. The maximum atomic E-state index is 12.9. The van der Waals surface area contributed by atoms with Crippen LogP contribution >= 0.6 is 0 Å². The van der Waals surface area contributed by atoms with Crippen LogP contribution in [0.1, 0.15) is 54.2 Å². The maximum absolute atomic E-state index is 12.9. The molecule has 1 aliphatic rings. The summed E-state index contributed by atoms with van der Waals surface area (Å²) in [7, 11) is -2.52. The molecule has 0 bridgehead atoms. The van der Waals surface area contributed by atoms with E-state index in [0.717, 1.165) is 18.7 Å². The zero-order valence-corrected chi connectivity index (χ0v) is 18.8. The number of sulfonamides is 1. The molecular weight excluding hydrogens is 400 g/mol. The highest BCUT2D eigenvalue weighted by Crippen LogP contribution is 2.25. The largest absolute Gasteiger partial charge is 0.465 e. The second-order valence-corrected chi connectivity index (χ2v) is 9.81. The van der Waals surface area contributed by atoms with Crippen LogP contribution in [-0.2, 0) is 14.8 Å². The highest BCUT2D eigenvalue weighted by molar-refractivity contribution is 7.89. The van der Waals surface area contributed by atoms with Crippen LogP contribution in [0, 0.1) is 12.8 Å². The number of methoxy groups -OCH3 is 1. The number of hydrogen-bond acceptors (Lipinski definition) is 5. The number of carbonyl (C=O) groups is 1. The predicted molar refractivity (Wildman–Crippen MR) is 118 cm³/mol. The first kappa shape index (κ1) is 22.3. The van der Waals surface area contributed by atoms with Crippen LogP contribution in [0.25, 0.3) is 0 Å². The van der Waals surface area contributed by atoms with Gasteiger partial charge in [0.1, 0.15) is 0 Å². The lowest BCUT2D eigenvalue weighted by molar-refractivity contribution is 0.0599. The number of hydrogen-bond donors (Lipinski definition) is 1. The summed E-state index contributed by atoms with van der Waals surface area (Å²) in [6.45, 7) is 7.93. The number of anilines is 1. The van der Waals surface area contributed by atoms with E-state index in [1.807, 2.05) is 19.1 Å². The van der Waals surface area contributed by atoms with E-state index in [2.05, 4.69) is 28.7 Å². The molecule has 0 unspecified atom stereocenters. The Labute approximate surface area is 179 Å². The summed E-state index contributed by atoms with van der Waals surface area (Å²) in [5, 5.41) is 0. The van der Waals surface area contributed by atoms with Crippen molar-refractivity contribution < 1.29 is 17.9 Å². The Balaban J connectivity index is 1.75. The van der Waals surface area contributed by atoms with E-state index in [4.69, 9.17) is 4.74 Å². The lowest BCUT2D eigenvalue weighted by Crippen LogP contribution is -2.34. The molecule has 1 fully saturated rings. The predicted octanol–water partition coefficient (Wildman–Crippen LogP) is 4.06. The van der Waals surface area contributed by atoms with Gasteiger partial charge in [-0.2, -0.15) is 0 Å². The fraction of sp³-hybridized carbons (Fsp3) is 0.435. The van der Waals surface area contributed by atoms with Gasteiger partial charge in [0.05, 0.1) is 17.6 Å². The molecule has 6 nitrogen and oxygen atoms in total. The van der Waals surface area contributed by atoms with E-state index in [0.29, 0.717) is 11.5 Å². The Hall–Kier alpha value is -2.38. The van der Waals surface area contributed by atoms with Crippen molar-refractivity contribution in [2.75, 3.05) is 25.1 Å². The molecule has 1 saturated heterocycles. The van der Waals surface area contributed by atoms with Crippen LogP contribution in [0.3, 0.4) is 0 Å². The smallest absolute Gasteiger partial charge is 0.338 e. The fourth-order valence-corrected chi connectivity index (χ4v) is 5.12. The van der Waals surface area contributed by atoms with Crippen molar-refractivity contribution in [3.05, 3.63) is 59.2 Å². The first-order valence-electron chi connectivity index (χ1n) is 10.3. The highest BCUT2D eigenvalue weighted by Gasteiger charge is 2.22. The van der Waals surface area contributed by atoms with Crippen molar-refractivity contribution in [3.8, 4) is 0 Å². The third kappa shape index (κ3) is 5.02. The molecule has 2 aromatic rings. The summed E-state index contributed by atoms with van der Waals surface area (Å²) in [5.74, 6) is 0.133. The minimum Gasteiger partial charge on any atom is -0.465 e. The van der Waals surface area contributed by atoms with E-state index in [-0.39, 0.29) is 10.5 Å². The van der Waals surface area contributed by atoms with Crippen LogP contribution in [-0.4, -0.2) is 34.6 Å². The van der Waals surface area contributed by atoms with Gasteiger partial charge in [-0.05, 0) is 68.0 Å². The minimum absolute atomic E-state index is 0.0410. The Morgan fingerprint density at radius 1 is 1.20 bits per heavy atom. The van der Waals surface area contributed by atoms with E-state index in [9.17, 15) is 13.2 Å². The van der Waals surface area contributed by atoms with Crippen molar-refractivity contribution in [1.29, 1.82) is 0 Å². The summed E-state index contributed by atoms with van der Waals surface area (Å²) >= 11 is 0. The number of rotatable bonds is 6. The van der Waals surface area contributed by atoms with E-state index < -0.39 is 22.0 Å². The lowest BCUT2D eigenvalue weighted by Gasteiger charge is -2.33. The molecule has 0 spiro atoms. The number of carbonyl (C=O) groups excluding carboxylic acids is 1. The average Bonchev–Trinajstić information content (AvgIpc) is 2.73. The van der Waals surface area contributed by atoms with Gasteiger partial charge in [-0.3, -0.25) is 0 Å². The van der Waals surface area contributed by atoms with E-state index >= 15 is 0 Å². The summed E-state index contributed by atoms with van der Waals surface area (Å²) in [5.41, 5.74) is 2.96. The van der Waals surface area contributed by atoms with Gasteiger partial charge in [-0.15, -0.1) is 0 Å². The molecule has 1 aliphatic heterocycles. The summed E-state index contributed by atoms with van der Waals surface area (Å²) in [6.07, 6.45) is 2.47. The zero-order valence-electron chi connectivity index (χ0n) is 18.0. The lowest BCUT2D eigenvalue weighted by atomic mass is 9.99. The van der Waals surface area contributed by atoms with Crippen LogP contribution in [0.5, 0.6) is 0 Å². The number of aryl methyl sites for hydroxylation is 1. The van der Waals surface area contributed by atoms with Crippen LogP contribution in [0.15, 0.2) is 47.4 Å². The molecule has 0 aromatic heterocycles. The van der Waals surface area contributed by atoms with Gasteiger partial charge >= 0.3 is 5.97 Å². The van der Waals surface area contributed by atoms with E-state index in [1.165, 1.54) is 37.8 Å². The molecule has 30 heavy (non-hydrogen) atoms. The molecule has 1 N–H and O–H groups in total. The quantitative estimate of drug-likeness (QED) is 0.700. The third-order valence-corrected chi connectivity index (χ3v) is 7.21. The Kier molecular flexibility index (Phi) is 6.83. The molecule has 162 valence electrons. The number of benzene rings is 2. The average molecular weight is 431 g/mol. The monoisotopic (exact) mass is 430 g/mol. The molecule has 3 rings (SSSR count). The Morgan fingerprint density at radius 2 is 1.90 bits per heavy atom. The number of piperidine rings is 1. The fourth-order valence-electron chi connectivity index (χ4n) is 3.86. The molecule has 2 atom stereocenters. The maximum Gasteiger partial charge on any atom is 0.338 e. The first-order chi connectivity index (χ1) is 14.2. The normalized spacial score (nSPS) is 18.1. The van der Waals surface area contributed by atoms with Crippen molar-refractivity contribution in [1.82, 2.24) is 4.72 Å². The first-order valence-corrected chi connectivity index (χ1v) is 11.8. The van der Waals surface area contributed by atoms with Crippen molar-refractivity contribution in [2.45, 2.75) is 44.6 Å². The standard InChI is InChI=1S/C23H30N2O4S/c1-16-6-5-13-25(15-16)20-10-8-19(9-11-20)18(3)24-30(27,28)21-12-7-17(2)22(14-21)23(26)29-4/h7-12,14,16,18,24H,5-6,13,15H2,1-4H3/t16-,18-/m1/s1. The van der Waals surface area contributed by atoms with Gasteiger partial charge in [0, 0.05) is 24.8 Å². The Morgan fingerprint density at radius 3 is 2.53 bits per heavy atom. The van der Waals surface area contributed by atoms with Gasteiger partial charge in [0.25, 0.3) is 0 Å². The molecular formula is C23H30N2O4S. The van der Waals surface area contributed by atoms with Crippen LogP contribution < -0.4 is 9.62 Å². The Bertz CT molecular complexity index is 1000. The third-order valence-electron chi connectivity index (χ3n) is 5.67. The summed E-state index contributed by atoms with van der Waals surface area (Å²) < 4.78 is 33.2. The molecule has 0 amide bonds. The van der Waals surface area contributed by atoms with E-state index in [1.54, 1.807) is 13.0 Å². The molecule has 1 heterocycles. The number of nitrogens with one attached hydrogen (secondary N) is 1. The van der Waals surface area contributed by atoms with Gasteiger partial charge in [-0.1, -0.05) is 25.1 Å². The topological polar surface area (TPSA) is 75.7 Å². The molecule has 7 heteroatoms. The molecule has 0 saturated carbocycles. The van der Waals surface area contributed by atoms with Gasteiger partial charge in [0.2, 0.25) is 10.0 Å². The van der Waals surface area contributed by atoms with Crippen LogP contribution in [0.2, 0.25) is 0 Å². The number of nitrogens with zero attached hydrogens (tertiary/aromatic N) is 1. The highest BCUT2D eigenvalue weighted by atomic mass is 32.2. The number of esters is 1. The minimum atomic E-state index is -3.79. The summed E-state index contributed by atoms with van der Waals surface area (Å²) in [6, 6.07) is 12.1. The SMILES string of the molecule is COC(=O)c1cc(S(=O)(=O)N[C@H](C)c2ccc(N3CCC[C@@H](C)C3)cc2)ccc1C.